The van der Waals surface area contributed by atoms with E-state index in [4.69, 9.17) is 5.11 Å². The molecule has 5 nitrogen and oxygen atoms in total. The Kier molecular flexibility index (Phi) is 6.76. The molecule has 0 fully saturated rings. The van der Waals surface area contributed by atoms with Crippen LogP contribution in [-0.2, 0) is 9.59 Å². The van der Waals surface area contributed by atoms with Gasteiger partial charge in [-0.3, -0.25) is 14.4 Å². The molecular weight excluding hydrogens is 282 g/mol. The lowest BCUT2D eigenvalue weighted by Gasteiger charge is -2.13. The molecule has 0 spiro atoms. The van der Waals surface area contributed by atoms with E-state index in [9.17, 15) is 14.4 Å². The summed E-state index contributed by atoms with van der Waals surface area (Å²) in [5.41, 5.74) is 1.48. The number of carboxylic acid groups (broad SMARTS) is 1. The second-order valence-electron chi connectivity index (χ2n) is 5.65. The van der Waals surface area contributed by atoms with Crippen LogP contribution in [0.4, 0.5) is 0 Å². The second-order valence-corrected chi connectivity index (χ2v) is 5.65. The Bertz CT molecular complexity index is 534. The van der Waals surface area contributed by atoms with Gasteiger partial charge in [-0.25, -0.2) is 0 Å². The molecule has 0 aliphatic rings. The highest BCUT2D eigenvalue weighted by Crippen LogP contribution is 2.17. The predicted octanol–water partition coefficient (Wildman–Crippen LogP) is 2.61. The van der Waals surface area contributed by atoms with E-state index < -0.39 is 5.97 Å². The van der Waals surface area contributed by atoms with Gasteiger partial charge in [0.1, 0.15) is 0 Å². The van der Waals surface area contributed by atoms with Crippen molar-refractivity contribution >= 4 is 17.7 Å². The molecule has 0 aliphatic heterocycles. The van der Waals surface area contributed by atoms with E-state index in [-0.39, 0.29) is 29.9 Å². The summed E-state index contributed by atoms with van der Waals surface area (Å²) in [6.07, 6.45) is 0.455. The number of carbonyl (C=O) groups is 3. The summed E-state index contributed by atoms with van der Waals surface area (Å²) < 4.78 is 0. The van der Waals surface area contributed by atoms with Gasteiger partial charge in [0.05, 0.1) is 5.92 Å². The van der Waals surface area contributed by atoms with E-state index in [0.717, 1.165) is 5.56 Å². The standard InChI is InChI=1S/C17H23NO4/c1-11(2)16(21)14-8-6-13(7-9-14)12(3)17(22)18-10-4-5-15(19)20/h6-9,11-12H,4-5,10H2,1-3H3,(H,18,22)(H,19,20). The molecule has 0 radical (unpaired) electrons. The van der Waals surface area contributed by atoms with Crippen molar-refractivity contribution in [3.63, 3.8) is 0 Å². The fourth-order valence-electron chi connectivity index (χ4n) is 2.03. The van der Waals surface area contributed by atoms with E-state index in [1.165, 1.54) is 0 Å². The maximum Gasteiger partial charge on any atom is 0.303 e. The van der Waals surface area contributed by atoms with Crippen LogP contribution in [0.2, 0.25) is 0 Å². The summed E-state index contributed by atoms with van der Waals surface area (Å²) in [6.45, 7) is 5.83. The van der Waals surface area contributed by atoms with Gasteiger partial charge in [-0.05, 0) is 18.9 Å². The number of hydrogen-bond acceptors (Lipinski definition) is 3. The fraction of sp³-hybridized carbons (Fsp3) is 0.471. The quantitative estimate of drug-likeness (QED) is 0.571. The minimum atomic E-state index is -0.868. The molecular formula is C17H23NO4. The lowest BCUT2D eigenvalue weighted by Crippen LogP contribution is -2.29. The zero-order valence-corrected chi connectivity index (χ0v) is 13.3. The number of aliphatic carboxylic acids is 1. The Labute approximate surface area is 130 Å². The molecule has 1 aromatic carbocycles. The normalized spacial score (nSPS) is 12.0. The Morgan fingerprint density at radius 2 is 1.68 bits per heavy atom. The number of carboxylic acids is 1. The number of Topliss-reactive ketones (excluding diaryl/α,β-unsaturated/α-hetero) is 1. The van der Waals surface area contributed by atoms with Gasteiger partial charge < -0.3 is 10.4 Å². The molecule has 2 N–H and O–H groups in total. The second kappa shape index (κ2) is 8.32. The van der Waals surface area contributed by atoms with Crippen LogP contribution in [0.1, 0.15) is 55.5 Å². The summed E-state index contributed by atoms with van der Waals surface area (Å²) in [5.74, 6) is -1.33. The molecule has 120 valence electrons. The SMILES string of the molecule is CC(C)C(=O)c1ccc(C(C)C(=O)NCCCC(=O)O)cc1. The molecule has 0 heterocycles. The Balaban J connectivity index is 2.57. The van der Waals surface area contributed by atoms with Crippen molar-refractivity contribution in [3.8, 4) is 0 Å². The average molecular weight is 305 g/mol. The number of rotatable bonds is 8. The van der Waals surface area contributed by atoms with Crippen molar-refractivity contribution in [2.24, 2.45) is 5.92 Å². The summed E-state index contributed by atoms with van der Waals surface area (Å²) in [6, 6.07) is 7.06. The smallest absolute Gasteiger partial charge is 0.303 e. The Morgan fingerprint density at radius 1 is 1.09 bits per heavy atom. The maximum absolute atomic E-state index is 12.0. The van der Waals surface area contributed by atoms with Crippen molar-refractivity contribution in [3.05, 3.63) is 35.4 Å². The van der Waals surface area contributed by atoms with Crippen LogP contribution in [0.15, 0.2) is 24.3 Å². The van der Waals surface area contributed by atoms with Gasteiger partial charge in [0.15, 0.2) is 5.78 Å². The number of amides is 1. The molecule has 0 aromatic heterocycles. The highest BCUT2D eigenvalue weighted by Gasteiger charge is 2.16. The molecule has 1 unspecified atom stereocenters. The number of benzene rings is 1. The van der Waals surface area contributed by atoms with Crippen LogP contribution in [0.5, 0.6) is 0 Å². The van der Waals surface area contributed by atoms with Gasteiger partial charge in [0.25, 0.3) is 0 Å². The van der Waals surface area contributed by atoms with Crippen LogP contribution in [0.25, 0.3) is 0 Å². The van der Waals surface area contributed by atoms with Crippen molar-refractivity contribution in [1.29, 1.82) is 0 Å². The van der Waals surface area contributed by atoms with Gasteiger partial charge in [0, 0.05) is 24.4 Å². The largest absolute Gasteiger partial charge is 0.481 e. The first kappa shape index (κ1) is 17.9. The first-order valence-corrected chi connectivity index (χ1v) is 7.46. The van der Waals surface area contributed by atoms with Gasteiger partial charge in [-0.1, -0.05) is 38.1 Å². The van der Waals surface area contributed by atoms with Crippen LogP contribution in [0, 0.1) is 5.92 Å². The van der Waals surface area contributed by atoms with E-state index in [1.54, 1.807) is 31.2 Å². The average Bonchev–Trinajstić information content (AvgIpc) is 2.49. The molecule has 0 saturated carbocycles. The molecule has 1 amide bonds. The highest BCUT2D eigenvalue weighted by atomic mass is 16.4. The fourth-order valence-corrected chi connectivity index (χ4v) is 2.03. The predicted molar refractivity (Wildman–Crippen MR) is 83.9 cm³/mol. The third kappa shape index (κ3) is 5.31. The molecule has 0 aliphatic carbocycles. The lowest BCUT2D eigenvalue weighted by atomic mass is 9.95. The summed E-state index contributed by atoms with van der Waals surface area (Å²) >= 11 is 0. The number of carbonyl (C=O) groups excluding carboxylic acids is 2. The topological polar surface area (TPSA) is 83.5 Å². The summed E-state index contributed by atoms with van der Waals surface area (Å²) in [7, 11) is 0. The Hall–Kier alpha value is -2.17. The number of nitrogens with one attached hydrogen (secondary N) is 1. The monoisotopic (exact) mass is 305 g/mol. The minimum Gasteiger partial charge on any atom is -0.481 e. The van der Waals surface area contributed by atoms with Gasteiger partial charge >= 0.3 is 5.97 Å². The van der Waals surface area contributed by atoms with Crippen molar-refractivity contribution in [2.75, 3.05) is 6.54 Å². The first-order valence-electron chi connectivity index (χ1n) is 7.46. The third-order valence-electron chi connectivity index (χ3n) is 3.48. The third-order valence-corrected chi connectivity index (χ3v) is 3.48. The molecule has 1 rings (SSSR count). The molecule has 1 atom stereocenters. The molecule has 5 heteroatoms. The van der Waals surface area contributed by atoms with Crippen LogP contribution < -0.4 is 5.32 Å². The van der Waals surface area contributed by atoms with E-state index in [2.05, 4.69) is 5.32 Å². The van der Waals surface area contributed by atoms with Crippen LogP contribution in [-0.4, -0.2) is 29.3 Å². The van der Waals surface area contributed by atoms with Gasteiger partial charge in [-0.15, -0.1) is 0 Å². The zero-order chi connectivity index (χ0) is 16.7. The van der Waals surface area contributed by atoms with E-state index >= 15 is 0 Å². The van der Waals surface area contributed by atoms with Crippen molar-refractivity contribution < 1.29 is 19.5 Å². The zero-order valence-electron chi connectivity index (χ0n) is 13.3. The van der Waals surface area contributed by atoms with Gasteiger partial charge in [0.2, 0.25) is 5.91 Å². The lowest BCUT2D eigenvalue weighted by molar-refractivity contribution is -0.137. The molecule has 1 aromatic rings. The Morgan fingerprint density at radius 3 is 2.18 bits per heavy atom. The van der Waals surface area contributed by atoms with Crippen LogP contribution >= 0.6 is 0 Å². The summed E-state index contributed by atoms with van der Waals surface area (Å²) in [5, 5.41) is 11.3. The van der Waals surface area contributed by atoms with Crippen molar-refractivity contribution in [2.45, 2.75) is 39.5 Å². The molecule has 0 saturated heterocycles. The van der Waals surface area contributed by atoms with Gasteiger partial charge in [-0.2, -0.15) is 0 Å². The maximum atomic E-state index is 12.0. The van der Waals surface area contributed by atoms with Crippen molar-refractivity contribution in [1.82, 2.24) is 5.32 Å². The van der Waals surface area contributed by atoms with E-state index in [0.29, 0.717) is 18.5 Å². The van der Waals surface area contributed by atoms with Crippen LogP contribution in [0.3, 0.4) is 0 Å². The number of ketones is 1. The minimum absolute atomic E-state index is 0.0423. The first-order chi connectivity index (χ1) is 10.3. The van der Waals surface area contributed by atoms with E-state index in [1.807, 2.05) is 13.8 Å². The molecule has 0 bridgehead atoms. The highest BCUT2D eigenvalue weighted by molar-refractivity contribution is 5.97. The molecule has 22 heavy (non-hydrogen) atoms. The number of hydrogen-bond donors (Lipinski definition) is 2. The summed E-state index contributed by atoms with van der Waals surface area (Å²) in [4.78, 5) is 34.2.